The molecule has 0 saturated carbocycles. The first-order valence-corrected chi connectivity index (χ1v) is 5.80. The number of rotatable bonds is 3. The fraction of sp³-hybridized carbons (Fsp3) is 0.167. The third-order valence-corrected chi connectivity index (χ3v) is 2.95. The fourth-order valence-electron chi connectivity index (χ4n) is 1.58. The third kappa shape index (κ3) is 2.55. The van der Waals surface area contributed by atoms with E-state index in [0.717, 1.165) is 10.0 Å². The SMILES string of the molecule is Cc1noc(-c2ccc(Br)cc2)c1CC(=O)O. The summed E-state index contributed by atoms with van der Waals surface area (Å²) in [5.41, 5.74) is 2.06. The maximum absolute atomic E-state index is 10.8. The Labute approximate surface area is 106 Å². The van der Waals surface area contributed by atoms with Crippen LogP contribution in [0.3, 0.4) is 0 Å². The Morgan fingerprint density at radius 1 is 1.41 bits per heavy atom. The van der Waals surface area contributed by atoms with Gasteiger partial charge in [0.05, 0.1) is 12.1 Å². The first kappa shape index (κ1) is 11.9. The van der Waals surface area contributed by atoms with Gasteiger partial charge in [-0.2, -0.15) is 0 Å². The van der Waals surface area contributed by atoms with E-state index in [-0.39, 0.29) is 6.42 Å². The van der Waals surface area contributed by atoms with E-state index >= 15 is 0 Å². The molecule has 0 amide bonds. The number of carboxylic acid groups (broad SMARTS) is 1. The number of nitrogens with zero attached hydrogens (tertiary/aromatic N) is 1. The first-order chi connectivity index (χ1) is 8.08. The smallest absolute Gasteiger partial charge is 0.308 e. The Bertz CT molecular complexity index is 545. The van der Waals surface area contributed by atoms with Crippen molar-refractivity contribution in [2.75, 3.05) is 0 Å². The quantitative estimate of drug-likeness (QED) is 0.945. The standard InChI is InChI=1S/C12H10BrNO3/c1-7-10(6-11(15)16)12(17-14-7)8-2-4-9(13)5-3-8/h2-5H,6H2,1H3,(H,15,16). The molecule has 1 N–H and O–H groups in total. The zero-order valence-corrected chi connectivity index (χ0v) is 10.7. The van der Waals surface area contributed by atoms with Gasteiger partial charge in [-0.05, 0) is 19.1 Å². The average Bonchev–Trinajstić information content (AvgIpc) is 2.61. The second kappa shape index (κ2) is 4.71. The van der Waals surface area contributed by atoms with E-state index in [9.17, 15) is 4.79 Å². The van der Waals surface area contributed by atoms with E-state index in [1.165, 1.54) is 0 Å². The van der Waals surface area contributed by atoms with Gasteiger partial charge >= 0.3 is 5.97 Å². The maximum Gasteiger partial charge on any atom is 0.308 e. The van der Waals surface area contributed by atoms with Gasteiger partial charge in [0.15, 0.2) is 5.76 Å². The second-order valence-electron chi connectivity index (χ2n) is 3.65. The summed E-state index contributed by atoms with van der Waals surface area (Å²) < 4.78 is 6.15. The van der Waals surface area contributed by atoms with E-state index in [0.29, 0.717) is 17.0 Å². The number of halogens is 1. The Hall–Kier alpha value is -1.62. The van der Waals surface area contributed by atoms with Gasteiger partial charge in [0, 0.05) is 15.6 Å². The van der Waals surface area contributed by atoms with Crippen LogP contribution < -0.4 is 0 Å². The van der Waals surface area contributed by atoms with Crippen LogP contribution in [0.15, 0.2) is 33.3 Å². The summed E-state index contributed by atoms with van der Waals surface area (Å²) in [5, 5.41) is 12.7. The van der Waals surface area contributed by atoms with Gasteiger partial charge in [0.2, 0.25) is 0 Å². The molecular formula is C12H10BrNO3. The largest absolute Gasteiger partial charge is 0.481 e. The van der Waals surface area contributed by atoms with Crippen LogP contribution in [0.5, 0.6) is 0 Å². The number of aromatic nitrogens is 1. The molecule has 1 aromatic heterocycles. The summed E-state index contributed by atoms with van der Waals surface area (Å²) >= 11 is 3.34. The van der Waals surface area contributed by atoms with Crippen LogP contribution in [-0.4, -0.2) is 16.2 Å². The van der Waals surface area contributed by atoms with Crippen LogP contribution in [0.1, 0.15) is 11.3 Å². The molecule has 0 radical (unpaired) electrons. The lowest BCUT2D eigenvalue weighted by Gasteiger charge is -2.00. The summed E-state index contributed by atoms with van der Waals surface area (Å²) in [5.74, 6) is -0.368. The van der Waals surface area contributed by atoms with Crippen LogP contribution in [-0.2, 0) is 11.2 Å². The molecular weight excluding hydrogens is 286 g/mol. The molecule has 0 fully saturated rings. The van der Waals surface area contributed by atoms with Gasteiger partial charge in [-0.3, -0.25) is 4.79 Å². The third-order valence-electron chi connectivity index (χ3n) is 2.42. The van der Waals surface area contributed by atoms with Crippen molar-refractivity contribution < 1.29 is 14.4 Å². The Morgan fingerprint density at radius 3 is 2.65 bits per heavy atom. The molecule has 4 nitrogen and oxygen atoms in total. The van der Waals surface area contributed by atoms with Crippen molar-refractivity contribution in [1.29, 1.82) is 0 Å². The minimum Gasteiger partial charge on any atom is -0.481 e. The fourth-order valence-corrected chi connectivity index (χ4v) is 1.84. The van der Waals surface area contributed by atoms with Gasteiger partial charge < -0.3 is 9.63 Å². The van der Waals surface area contributed by atoms with Crippen molar-refractivity contribution in [3.63, 3.8) is 0 Å². The van der Waals surface area contributed by atoms with Gasteiger partial charge in [-0.1, -0.05) is 33.2 Å². The van der Waals surface area contributed by atoms with E-state index < -0.39 is 5.97 Å². The van der Waals surface area contributed by atoms with Crippen LogP contribution in [0.4, 0.5) is 0 Å². The van der Waals surface area contributed by atoms with Crippen LogP contribution in [0, 0.1) is 6.92 Å². The highest BCUT2D eigenvalue weighted by Gasteiger charge is 2.17. The Morgan fingerprint density at radius 2 is 2.06 bits per heavy atom. The molecule has 0 unspecified atom stereocenters. The zero-order chi connectivity index (χ0) is 12.4. The van der Waals surface area contributed by atoms with Crippen molar-refractivity contribution in [3.05, 3.63) is 40.0 Å². The predicted octanol–water partition coefficient (Wildman–Crippen LogP) is 3.04. The maximum atomic E-state index is 10.8. The van der Waals surface area contributed by atoms with Crippen LogP contribution >= 0.6 is 15.9 Å². The highest BCUT2D eigenvalue weighted by molar-refractivity contribution is 9.10. The molecule has 1 aromatic carbocycles. The van der Waals surface area contributed by atoms with Crippen LogP contribution in [0.25, 0.3) is 11.3 Å². The molecule has 0 spiro atoms. The summed E-state index contributed by atoms with van der Waals surface area (Å²) in [6, 6.07) is 7.46. The molecule has 5 heteroatoms. The van der Waals surface area contributed by atoms with Gasteiger partial charge in [0.25, 0.3) is 0 Å². The number of benzene rings is 1. The molecule has 0 saturated heterocycles. The van der Waals surface area contributed by atoms with Crippen molar-refractivity contribution >= 4 is 21.9 Å². The lowest BCUT2D eigenvalue weighted by molar-refractivity contribution is -0.136. The number of hydrogen-bond acceptors (Lipinski definition) is 3. The first-order valence-electron chi connectivity index (χ1n) is 5.01. The van der Waals surface area contributed by atoms with E-state index in [4.69, 9.17) is 9.63 Å². The molecule has 0 aliphatic carbocycles. The number of hydrogen-bond donors (Lipinski definition) is 1. The minimum absolute atomic E-state index is 0.0826. The van der Waals surface area contributed by atoms with E-state index in [2.05, 4.69) is 21.1 Å². The van der Waals surface area contributed by atoms with Crippen molar-refractivity contribution in [2.45, 2.75) is 13.3 Å². The second-order valence-corrected chi connectivity index (χ2v) is 4.57. The minimum atomic E-state index is -0.894. The van der Waals surface area contributed by atoms with Crippen molar-refractivity contribution in [3.8, 4) is 11.3 Å². The molecule has 88 valence electrons. The lowest BCUT2D eigenvalue weighted by atomic mass is 10.0. The van der Waals surface area contributed by atoms with Gasteiger partial charge in [0.1, 0.15) is 0 Å². The normalized spacial score (nSPS) is 10.5. The molecule has 0 bridgehead atoms. The molecule has 17 heavy (non-hydrogen) atoms. The molecule has 0 atom stereocenters. The number of aliphatic carboxylic acids is 1. The summed E-state index contributed by atoms with van der Waals surface area (Å²) in [7, 11) is 0. The number of aryl methyl sites for hydroxylation is 1. The summed E-state index contributed by atoms with van der Waals surface area (Å²) in [4.78, 5) is 10.8. The van der Waals surface area contributed by atoms with Crippen LogP contribution in [0.2, 0.25) is 0 Å². The molecule has 1 heterocycles. The molecule has 2 aromatic rings. The number of carbonyl (C=O) groups is 1. The number of carboxylic acids is 1. The average molecular weight is 296 g/mol. The lowest BCUT2D eigenvalue weighted by Crippen LogP contribution is -2.01. The molecule has 2 rings (SSSR count). The summed E-state index contributed by atoms with van der Waals surface area (Å²) in [6.45, 7) is 1.74. The van der Waals surface area contributed by atoms with Crippen molar-refractivity contribution in [2.24, 2.45) is 0 Å². The van der Waals surface area contributed by atoms with E-state index in [1.54, 1.807) is 6.92 Å². The van der Waals surface area contributed by atoms with E-state index in [1.807, 2.05) is 24.3 Å². The van der Waals surface area contributed by atoms with Crippen molar-refractivity contribution in [1.82, 2.24) is 5.16 Å². The molecule has 0 aliphatic heterocycles. The van der Waals surface area contributed by atoms with Gasteiger partial charge in [-0.25, -0.2) is 0 Å². The zero-order valence-electron chi connectivity index (χ0n) is 9.11. The highest BCUT2D eigenvalue weighted by atomic mass is 79.9. The Kier molecular flexibility index (Phi) is 3.28. The monoisotopic (exact) mass is 295 g/mol. The molecule has 0 aliphatic rings. The topological polar surface area (TPSA) is 63.3 Å². The summed E-state index contributed by atoms with van der Waals surface area (Å²) in [6.07, 6.45) is -0.0826. The van der Waals surface area contributed by atoms with Gasteiger partial charge in [-0.15, -0.1) is 0 Å². The predicted molar refractivity (Wildman–Crippen MR) is 65.7 cm³/mol. The highest BCUT2D eigenvalue weighted by Crippen LogP contribution is 2.27. The Balaban J connectivity index is 2.45.